The van der Waals surface area contributed by atoms with Crippen molar-refractivity contribution in [1.29, 1.82) is 0 Å². The maximum Gasteiger partial charge on any atom is 0.251 e. The molecule has 0 aromatic heterocycles. The van der Waals surface area contributed by atoms with Crippen LogP contribution in [-0.2, 0) is 4.79 Å². The van der Waals surface area contributed by atoms with Crippen molar-refractivity contribution in [3.63, 3.8) is 0 Å². The third-order valence-electron chi connectivity index (χ3n) is 2.79. The monoisotopic (exact) mass is 341 g/mol. The molecule has 5 nitrogen and oxygen atoms in total. The van der Waals surface area contributed by atoms with Gasteiger partial charge < -0.3 is 16.4 Å². The number of nitrogens with one attached hydrogen (secondary N) is 2. The Morgan fingerprint density at radius 3 is 2.50 bits per heavy atom. The Morgan fingerprint density at radius 2 is 1.90 bits per heavy atom. The maximum absolute atomic E-state index is 11.8. The quantitative estimate of drug-likeness (QED) is 0.698. The molecule has 0 heterocycles. The van der Waals surface area contributed by atoms with Crippen molar-refractivity contribution in [2.45, 2.75) is 13.3 Å². The highest BCUT2D eigenvalue weighted by Gasteiger charge is 2.07. The van der Waals surface area contributed by atoms with Gasteiger partial charge in [0, 0.05) is 29.5 Å². The molecule has 0 spiro atoms. The highest BCUT2D eigenvalue weighted by Crippen LogP contribution is 2.10. The number of halogens is 1. The van der Waals surface area contributed by atoms with E-state index in [9.17, 15) is 9.59 Å². The number of amides is 2. The van der Waals surface area contributed by atoms with Gasteiger partial charge in [-0.15, -0.1) is 0 Å². The molecule has 6 heteroatoms. The Bertz CT molecular complexity index is 448. The highest BCUT2D eigenvalue weighted by atomic mass is 79.9. The molecule has 0 radical (unpaired) electrons. The topological polar surface area (TPSA) is 84.2 Å². The Hall–Kier alpha value is -1.40. The van der Waals surface area contributed by atoms with E-state index in [1.54, 1.807) is 24.3 Å². The van der Waals surface area contributed by atoms with Crippen LogP contribution in [0.1, 0.15) is 23.7 Å². The summed E-state index contributed by atoms with van der Waals surface area (Å²) in [6, 6.07) is 7.05. The largest absolute Gasteiger partial charge is 0.356 e. The van der Waals surface area contributed by atoms with Crippen molar-refractivity contribution in [1.82, 2.24) is 10.6 Å². The molecule has 20 heavy (non-hydrogen) atoms. The first-order valence-electron chi connectivity index (χ1n) is 6.53. The lowest BCUT2D eigenvalue weighted by molar-refractivity contribution is -0.121. The van der Waals surface area contributed by atoms with Gasteiger partial charge in [-0.05, 0) is 36.7 Å². The molecular formula is C14H20BrN3O2. The van der Waals surface area contributed by atoms with Crippen molar-refractivity contribution in [3.05, 3.63) is 34.3 Å². The average Bonchev–Trinajstić information content (AvgIpc) is 2.45. The normalized spacial score (nSPS) is 11.8. The Balaban J connectivity index is 2.25. The molecule has 1 aromatic carbocycles. The van der Waals surface area contributed by atoms with Crippen molar-refractivity contribution in [2.24, 2.45) is 11.7 Å². The smallest absolute Gasteiger partial charge is 0.251 e. The van der Waals surface area contributed by atoms with Crippen LogP contribution in [0.3, 0.4) is 0 Å². The minimum atomic E-state index is -0.180. The summed E-state index contributed by atoms with van der Waals surface area (Å²) in [5.74, 6) is -0.00154. The van der Waals surface area contributed by atoms with Crippen LogP contribution >= 0.6 is 15.9 Å². The van der Waals surface area contributed by atoms with Crippen LogP contribution in [0, 0.1) is 5.92 Å². The lowest BCUT2D eigenvalue weighted by Gasteiger charge is -2.10. The number of rotatable bonds is 7. The van der Waals surface area contributed by atoms with Gasteiger partial charge >= 0.3 is 0 Å². The van der Waals surface area contributed by atoms with E-state index in [-0.39, 0.29) is 24.2 Å². The highest BCUT2D eigenvalue weighted by molar-refractivity contribution is 9.10. The van der Waals surface area contributed by atoms with E-state index >= 15 is 0 Å². The molecular weight excluding hydrogens is 322 g/mol. The summed E-state index contributed by atoms with van der Waals surface area (Å²) < 4.78 is 0.919. The molecule has 0 aliphatic carbocycles. The number of hydrogen-bond donors (Lipinski definition) is 3. The van der Waals surface area contributed by atoms with Gasteiger partial charge in [0.25, 0.3) is 5.91 Å². The molecule has 0 aliphatic heterocycles. The van der Waals surface area contributed by atoms with Gasteiger partial charge in [-0.3, -0.25) is 9.59 Å². The van der Waals surface area contributed by atoms with Gasteiger partial charge in [-0.1, -0.05) is 22.9 Å². The van der Waals surface area contributed by atoms with Crippen LogP contribution < -0.4 is 16.4 Å². The molecule has 0 fully saturated rings. The zero-order valence-electron chi connectivity index (χ0n) is 11.5. The molecule has 0 aliphatic rings. The summed E-state index contributed by atoms with van der Waals surface area (Å²) in [6.45, 7) is 3.39. The first-order chi connectivity index (χ1) is 9.52. The Labute approximate surface area is 127 Å². The second-order valence-electron chi connectivity index (χ2n) is 4.66. The van der Waals surface area contributed by atoms with E-state index in [0.717, 1.165) is 4.47 Å². The maximum atomic E-state index is 11.8. The summed E-state index contributed by atoms with van der Waals surface area (Å²) in [7, 11) is 0. The average molecular weight is 342 g/mol. The summed E-state index contributed by atoms with van der Waals surface area (Å²) in [4.78, 5) is 23.3. The molecule has 0 bridgehead atoms. The van der Waals surface area contributed by atoms with Crippen molar-refractivity contribution in [2.75, 3.05) is 19.6 Å². The molecule has 4 N–H and O–H groups in total. The van der Waals surface area contributed by atoms with Gasteiger partial charge in [0.15, 0.2) is 0 Å². The Morgan fingerprint density at radius 1 is 1.25 bits per heavy atom. The fraction of sp³-hybridized carbons (Fsp3) is 0.429. The van der Waals surface area contributed by atoms with Crippen molar-refractivity contribution < 1.29 is 9.59 Å². The third-order valence-corrected chi connectivity index (χ3v) is 3.32. The van der Waals surface area contributed by atoms with Crippen molar-refractivity contribution >= 4 is 27.7 Å². The molecule has 0 saturated carbocycles. The third kappa shape index (κ3) is 6.16. The van der Waals surface area contributed by atoms with E-state index in [4.69, 9.17) is 5.73 Å². The van der Waals surface area contributed by atoms with E-state index in [0.29, 0.717) is 25.2 Å². The fourth-order valence-electron chi connectivity index (χ4n) is 1.45. The van der Waals surface area contributed by atoms with Crippen LogP contribution in [0.25, 0.3) is 0 Å². The van der Waals surface area contributed by atoms with Gasteiger partial charge in [0.1, 0.15) is 0 Å². The second kappa shape index (κ2) is 8.71. The molecule has 1 atom stereocenters. The molecule has 0 saturated heterocycles. The van der Waals surface area contributed by atoms with Gasteiger partial charge in [0.2, 0.25) is 5.91 Å². The SMILES string of the molecule is CC(CN)CNC(=O)CCNC(=O)c1ccc(Br)cc1. The van der Waals surface area contributed by atoms with E-state index < -0.39 is 0 Å². The van der Waals surface area contributed by atoms with Crippen LogP contribution in [0.5, 0.6) is 0 Å². The van der Waals surface area contributed by atoms with E-state index in [1.165, 1.54) is 0 Å². The molecule has 2 amide bonds. The second-order valence-corrected chi connectivity index (χ2v) is 5.57. The van der Waals surface area contributed by atoms with Gasteiger partial charge in [-0.2, -0.15) is 0 Å². The van der Waals surface area contributed by atoms with Crippen molar-refractivity contribution in [3.8, 4) is 0 Å². The first kappa shape index (κ1) is 16.7. The standard InChI is InChI=1S/C14H20BrN3O2/c1-10(8-16)9-18-13(19)6-7-17-14(20)11-2-4-12(15)5-3-11/h2-5,10H,6-9,16H2,1H3,(H,17,20)(H,18,19). The van der Waals surface area contributed by atoms with Gasteiger partial charge in [-0.25, -0.2) is 0 Å². The Kier molecular flexibility index (Phi) is 7.25. The number of benzene rings is 1. The summed E-state index contributed by atoms with van der Waals surface area (Å²) in [5.41, 5.74) is 6.04. The number of carbonyl (C=O) groups excluding carboxylic acids is 2. The minimum Gasteiger partial charge on any atom is -0.356 e. The number of hydrogen-bond acceptors (Lipinski definition) is 3. The zero-order chi connectivity index (χ0) is 15.0. The van der Waals surface area contributed by atoms with E-state index in [1.807, 2.05) is 6.92 Å². The summed E-state index contributed by atoms with van der Waals surface area (Å²) >= 11 is 3.31. The van der Waals surface area contributed by atoms with Crippen LogP contribution in [0.2, 0.25) is 0 Å². The predicted octanol–water partition coefficient (Wildman–Crippen LogP) is 1.28. The summed E-state index contributed by atoms with van der Waals surface area (Å²) in [6.07, 6.45) is 0.263. The lowest BCUT2D eigenvalue weighted by Crippen LogP contribution is -2.34. The molecule has 1 aromatic rings. The molecule has 110 valence electrons. The molecule has 1 rings (SSSR count). The number of carbonyl (C=O) groups is 2. The summed E-state index contributed by atoms with van der Waals surface area (Å²) in [5, 5.41) is 5.49. The number of nitrogens with two attached hydrogens (primary N) is 1. The van der Waals surface area contributed by atoms with Crippen LogP contribution in [0.4, 0.5) is 0 Å². The predicted molar refractivity (Wildman–Crippen MR) is 82.3 cm³/mol. The minimum absolute atomic E-state index is 0.0820. The van der Waals surface area contributed by atoms with Gasteiger partial charge in [0.05, 0.1) is 0 Å². The van der Waals surface area contributed by atoms with E-state index in [2.05, 4.69) is 26.6 Å². The fourth-order valence-corrected chi connectivity index (χ4v) is 1.72. The zero-order valence-corrected chi connectivity index (χ0v) is 13.1. The molecule has 1 unspecified atom stereocenters. The van der Waals surface area contributed by atoms with Crippen LogP contribution in [0.15, 0.2) is 28.7 Å². The lowest BCUT2D eigenvalue weighted by atomic mass is 10.2. The van der Waals surface area contributed by atoms with Crippen LogP contribution in [-0.4, -0.2) is 31.4 Å². The first-order valence-corrected chi connectivity index (χ1v) is 7.32.